The first kappa shape index (κ1) is 45.8. The maximum absolute atomic E-state index is 6.86. The van der Waals surface area contributed by atoms with E-state index < -0.39 is 48.0 Å². The van der Waals surface area contributed by atoms with E-state index in [0.717, 1.165) is 25.3 Å². The molecule has 0 aromatic carbocycles. The van der Waals surface area contributed by atoms with Gasteiger partial charge in [0.15, 0.2) is 16.6 Å². The SMILES string of the molecule is C.C.C.C.CC1(C)CC(OCCC[Si](C)(O[Si](C)(C)C)O[Si](C)(C)O[Si](C)(C)O[Si](C)(C)C)CC(C)(N)N1. The summed E-state index contributed by atoms with van der Waals surface area (Å²) in [6.45, 7) is 31.2. The minimum Gasteiger partial charge on any atom is -0.437 e. The fraction of sp³-hybridized carbons (Fsp3) is 1.00. The molecule has 1 aliphatic rings. The number of nitrogens with one attached hydrogen (secondary N) is 1. The first-order valence-electron chi connectivity index (χ1n) is 12.8. The molecule has 3 N–H and O–H groups in total. The highest BCUT2D eigenvalue weighted by Gasteiger charge is 2.46. The lowest BCUT2D eigenvalue weighted by atomic mass is 9.84. The fourth-order valence-electron chi connectivity index (χ4n) is 5.41. The van der Waals surface area contributed by atoms with Gasteiger partial charge in [-0.1, -0.05) is 29.7 Å². The summed E-state index contributed by atoms with van der Waals surface area (Å²) in [5.41, 5.74) is 5.98. The van der Waals surface area contributed by atoms with E-state index >= 15 is 0 Å². The maximum Gasteiger partial charge on any atom is 0.315 e. The highest BCUT2D eigenvalue weighted by molar-refractivity contribution is 6.90. The molecule has 0 amide bonds. The predicted octanol–water partition coefficient (Wildman–Crippen LogP) is 8.35. The molecule has 3 unspecified atom stereocenters. The van der Waals surface area contributed by atoms with Crippen molar-refractivity contribution < 1.29 is 21.2 Å². The molecule has 7 nitrogen and oxygen atoms in total. The number of piperidine rings is 1. The van der Waals surface area contributed by atoms with E-state index in [4.69, 9.17) is 26.9 Å². The smallest absolute Gasteiger partial charge is 0.315 e. The van der Waals surface area contributed by atoms with Crippen molar-refractivity contribution >= 4 is 42.3 Å². The Kier molecular flexibility index (Phi) is 19.1. The van der Waals surface area contributed by atoms with E-state index in [2.05, 4.69) is 91.2 Å². The largest absolute Gasteiger partial charge is 0.437 e. The van der Waals surface area contributed by atoms with Gasteiger partial charge in [-0.15, -0.1) is 0 Å². The van der Waals surface area contributed by atoms with Crippen LogP contribution in [0, 0.1) is 0 Å². The van der Waals surface area contributed by atoms with Crippen molar-refractivity contribution in [2.24, 2.45) is 5.73 Å². The average Bonchev–Trinajstić information content (AvgIpc) is 2.41. The molecule has 1 heterocycles. The second-order valence-corrected chi connectivity index (χ2v) is 34.1. The number of rotatable bonds is 13. The highest BCUT2D eigenvalue weighted by Crippen LogP contribution is 2.30. The van der Waals surface area contributed by atoms with Crippen LogP contribution < -0.4 is 11.1 Å². The van der Waals surface area contributed by atoms with Crippen LogP contribution in [-0.4, -0.2) is 66.2 Å². The van der Waals surface area contributed by atoms with E-state index in [1.165, 1.54) is 0 Å². The Bertz CT molecular complexity index is 651. The number of hydrogen-bond acceptors (Lipinski definition) is 7. The van der Waals surface area contributed by atoms with E-state index in [-0.39, 0.29) is 41.3 Å². The third-order valence-corrected chi connectivity index (χ3v) is 22.7. The van der Waals surface area contributed by atoms with Crippen molar-refractivity contribution in [3.8, 4) is 0 Å². The summed E-state index contributed by atoms with van der Waals surface area (Å²) in [5, 5.41) is 3.52. The maximum atomic E-state index is 6.86. The molecule has 236 valence electrons. The van der Waals surface area contributed by atoms with Crippen LogP contribution in [0.25, 0.3) is 0 Å². The molecule has 0 radical (unpaired) electrons. The normalized spacial score (nSPS) is 23.6. The Morgan fingerprint density at radius 2 is 1.13 bits per heavy atom. The third kappa shape index (κ3) is 19.8. The molecular formula is C26H72N2O5Si5. The van der Waals surface area contributed by atoms with Crippen LogP contribution in [0.15, 0.2) is 0 Å². The molecule has 38 heavy (non-hydrogen) atoms. The van der Waals surface area contributed by atoms with Crippen LogP contribution in [0.2, 0.25) is 78.1 Å². The molecule has 0 aliphatic carbocycles. The zero-order valence-corrected chi connectivity index (χ0v) is 29.7. The van der Waals surface area contributed by atoms with Gasteiger partial charge in [0.05, 0.1) is 11.8 Å². The van der Waals surface area contributed by atoms with Crippen LogP contribution in [0.1, 0.15) is 69.7 Å². The third-order valence-electron chi connectivity index (χ3n) is 5.17. The Morgan fingerprint density at radius 3 is 1.55 bits per heavy atom. The van der Waals surface area contributed by atoms with Gasteiger partial charge in [-0.05, 0) is 112 Å². The molecule has 0 saturated carbocycles. The molecule has 1 saturated heterocycles. The lowest BCUT2D eigenvalue weighted by molar-refractivity contribution is -0.0243. The van der Waals surface area contributed by atoms with Gasteiger partial charge in [0, 0.05) is 18.6 Å². The highest BCUT2D eigenvalue weighted by atomic mass is 28.5. The minimum absolute atomic E-state index is 0. The quantitative estimate of drug-likeness (QED) is 0.156. The molecule has 3 atom stereocenters. The second kappa shape index (κ2) is 15.9. The number of hydrogen-bond donors (Lipinski definition) is 2. The standard InChI is InChI=1S/C22H56N2O5Si5.4CH4/c1-21(2)18-20(19-22(3,23)24-21)25-16-15-17-34(14,27-31(7,8)9)29-33(12,13)28-32(10,11)26-30(4,5)6;;;;/h20,24H,15-19,23H2,1-14H3;4*1H4. The van der Waals surface area contributed by atoms with Crippen LogP contribution in [-0.2, 0) is 21.2 Å². The zero-order valence-electron chi connectivity index (χ0n) is 24.7. The first-order valence-corrected chi connectivity index (χ1v) is 27.8. The zero-order chi connectivity index (χ0) is 26.9. The summed E-state index contributed by atoms with van der Waals surface area (Å²) in [6, 6.07) is 0.891. The van der Waals surface area contributed by atoms with Crippen LogP contribution in [0.4, 0.5) is 0 Å². The number of nitrogens with two attached hydrogens (primary N) is 1. The molecule has 0 bridgehead atoms. The Labute approximate surface area is 245 Å². The second-order valence-electron chi connectivity index (χ2n) is 14.0. The molecule has 1 fully saturated rings. The van der Waals surface area contributed by atoms with Gasteiger partial charge in [0.1, 0.15) is 0 Å². The minimum atomic E-state index is -2.46. The summed E-state index contributed by atoms with van der Waals surface area (Å²) >= 11 is 0. The molecular weight excluding hydrogens is 561 g/mol. The molecule has 1 rings (SSSR count). The van der Waals surface area contributed by atoms with Crippen molar-refractivity contribution in [2.45, 2.75) is 165 Å². The van der Waals surface area contributed by atoms with Crippen molar-refractivity contribution in [3.63, 3.8) is 0 Å². The van der Waals surface area contributed by atoms with E-state index in [9.17, 15) is 0 Å². The van der Waals surface area contributed by atoms with Gasteiger partial charge in [0.2, 0.25) is 0 Å². The van der Waals surface area contributed by atoms with Crippen molar-refractivity contribution in [1.29, 1.82) is 0 Å². The first-order chi connectivity index (χ1) is 14.8. The Morgan fingerprint density at radius 1 is 0.684 bits per heavy atom. The summed E-state index contributed by atoms with van der Waals surface area (Å²) < 4.78 is 33.0. The van der Waals surface area contributed by atoms with Gasteiger partial charge in [-0.3, -0.25) is 5.32 Å². The monoisotopic (exact) mass is 632 g/mol. The van der Waals surface area contributed by atoms with Gasteiger partial charge in [-0.2, -0.15) is 0 Å². The lowest BCUT2D eigenvalue weighted by Gasteiger charge is -2.46. The van der Waals surface area contributed by atoms with Crippen molar-refractivity contribution in [2.75, 3.05) is 6.61 Å². The Balaban J connectivity index is -0.00000144. The predicted molar refractivity (Wildman–Crippen MR) is 183 cm³/mol. The topological polar surface area (TPSA) is 84.2 Å². The summed E-state index contributed by atoms with van der Waals surface area (Å²) in [6.07, 6.45) is 2.85. The van der Waals surface area contributed by atoms with Crippen LogP contribution in [0.3, 0.4) is 0 Å². The van der Waals surface area contributed by atoms with Crippen LogP contribution >= 0.6 is 0 Å². The summed E-state index contributed by atoms with van der Waals surface area (Å²) in [4.78, 5) is 0. The molecule has 12 heteroatoms. The van der Waals surface area contributed by atoms with Crippen LogP contribution in [0.5, 0.6) is 0 Å². The van der Waals surface area contributed by atoms with Gasteiger partial charge in [0.25, 0.3) is 0 Å². The molecule has 0 spiro atoms. The number of ether oxygens (including phenoxy) is 1. The summed E-state index contributed by atoms with van der Waals surface area (Å²) in [5.74, 6) is 0. The van der Waals surface area contributed by atoms with E-state index in [1.807, 2.05) is 6.92 Å². The molecule has 1 aliphatic heterocycles. The lowest BCUT2D eigenvalue weighted by Crippen LogP contribution is -2.65. The van der Waals surface area contributed by atoms with Crippen molar-refractivity contribution in [1.82, 2.24) is 5.32 Å². The van der Waals surface area contributed by atoms with Gasteiger partial charge < -0.3 is 26.9 Å². The van der Waals surface area contributed by atoms with Crippen molar-refractivity contribution in [3.05, 3.63) is 0 Å². The van der Waals surface area contributed by atoms with Gasteiger partial charge in [-0.25, -0.2) is 0 Å². The molecule has 0 aromatic rings. The van der Waals surface area contributed by atoms with Gasteiger partial charge >= 0.3 is 25.7 Å². The van der Waals surface area contributed by atoms with E-state index in [1.54, 1.807) is 0 Å². The average molecular weight is 633 g/mol. The molecule has 0 aromatic heterocycles. The summed E-state index contributed by atoms with van der Waals surface area (Å²) in [7, 11) is -10.7. The fourth-order valence-corrected chi connectivity index (χ4v) is 28.6. The van der Waals surface area contributed by atoms with E-state index in [0.29, 0.717) is 6.61 Å². The Hall–Kier alpha value is 0.804.